The normalized spacial score (nSPS) is 14.5. The van der Waals surface area contributed by atoms with E-state index in [9.17, 15) is 0 Å². The molecule has 90 valence electrons. The van der Waals surface area contributed by atoms with Crippen molar-refractivity contribution in [1.82, 2.24) is 10.3 Å². The zero-order chi connectivity index (χ0) is 12.1. The minimum Gasteiger partial charge on any atom is -0.302 e. The summed E-state index contributed by atoms with van der Waals surface area (Å²) in [4.78, 5) is 4.44. The first kappa shape index (κ1) is 12.3. The SMILES string of the molecule is CCC(C)NC(c1ccccc1)c1nccs1. The highest BCUT2D eigenvalue weighted by Gasteiger charge is 2.17. The molecule has 0 saturated carbocycles. The Morgan fingerprint density at radius 1 is 1.29 bits per heavy atom. The van der Waals surface area contributed by atoms with Crippen molar-refractivity contribution >= 4 is 11.3 Å². The van der Waals surface area contributed by atoms with Gasteiger partial charge < -0.3 is 5.32 Å². The molecule has 1 aromatic heterocycles. The summed E-state index contributed by atoms with van der Waals surface area (Å²) in [6.07, 6.45) is 2.99. The van der Waals surface area contributed by atoms with E-state index in [4.69, 9.17) is 0 Å². The quantitative estimate of drug-likeness (QED) is 0.871. The van der Waals surface area contributed by atoms with Crippen molar-refractivity contribution in [3.05, 3.63) is 52.5 Å². The van der Waals surface area contributed by atoms with E-state index in [0.717, 1.165) is 11.4 Å². The van der Waals surface area contributed by atoms with E-state index in [1.165, 1.54) is 5.56 Å². The van der Waals surface area contributed by atoms with Crippen LogP contribution in [0.4, 0.5) is 0 Å². The zero-order valence-corrected chi connectivity index (χ0v) is 11.1. The average molecular weight is 246 g/mol. The molecule has 0 saturated heterocycles. The maximum absolute atomic E-state index is 4.44. The Hall–Kier alpha value is -1.19. The second-order valence-electron chi connectivity index (χ2n) is 4.19. The summed E-state index contributed by atoms with van der Waals surface area (Å²) in [6.45, 7) is 4.41. The lowest BCUT2D eigenvalue weighted by molar-refractivity contribution is 0.486. The van der Waals surface area contributed by atoms with Crippen LogP contribution >= 0.6 is 11.3 Å². The Kier molecular flexibility index (Phi) is 4.29. The van der Waals surface area contributed by atoms with E-state index in [-0.39, 0.29) is 6.04 Å². The number of aromatic nitrogens is 1. The fourth-order valence-corrected chi connectivity index (χ4v) is 2.46. The largest absolute Gasteiger partial charge is 0.302 e. The smallest absolute Gasteiger partial charge is 0.114 e. The number of benzene rings is 1. The monoisotopic (exact) mass is 246 g/mol. The lowest BCUT2D eigenvalue weighted by Crippen LogP contribution is -2.30. The molecular formula is C14H18N2S. The summed E-state index contributed by atoms with van der Waals surface area (Å²) in [5, 5.41) is 6.80. The summed E-state index contributed by atoms with van der Waals surface area (Å²) in [7, 11) is 0. The molecule has 0 fully saturated rings. The molecule has 2 unspecified atom stereocenters. The van der Waals surface area contributed by atoms with Crippen molar-refractivity contribution in [1.29, 1.82) is 0 Å². The first-order valence-corrected chi connectivity index (χ1v) is 6.89. The van der Waals surface area contributed by atoms with Gasteiger partial charge in [0.2, 0.25) is 0 Å². The first-order chi connectivity index (χ1) is 8.31. The predicted molar refractivity (Wildman–Crippen MR) is 73.3 cm³/mol. The third kappa shape index (κ3) is 3.14. The molecule has 2 rings (SSSR count). The average Bonchev–Trinajstić information content (AvgIpc) is 2.90. The van der Waals surface area contributed by atoms with Crippen LogP contribution in [0.15, 0.2) is 41.9 Å². The van der Waals surface area contributed by atoms with Gasteiger partial charge in [-0.3, -0.25) is 0 Å². The molecule has 0 radical (unpaired) electrons. The van der Waals surface area contributed by atoms with Gasteiger partial charge in [-0.15, -0.1) is 11.3 Å². The molecule has 1 heterocycles. The minimum absolute atomic E-state index is 0.214. The second-order valence-corrected chi connectivity index (χ2v) is 5.12. The number of nitrogens with zero attached hydrogens (tertiary/aromatic N) is 1. The number of thiazole rings is 1. The summed E-state index contributed by atoms with van der Waals surface area (Å²) < 4.78 is 0. The van der Waals surface area contributed by atoms with Crippen molar-refractivity contribution in [2.75, 3.05) is 0 Å². The lowest BCUT2D eigenvalue weighted by Gasteiger charge is -2.21. The maximum Gasteiger partial charge on any atom is 0.114 e. The van der Waals surface area contributed by atoms with E-state index >= 15 is 0 Å². The molecule has 2 atom stereocenters. The second kappa shape index (κ2) is 5.94. The van der Waals surface area contributed by atoms with Gasteiger partial charge in [0.25, 0.3) is 0 Å². The van der Waals surface area contributed by atoms with Crippen molar-refractivity contribution in [2.24, 2.45) is 0 Å². The molecule has 0 bridgehead atoms. The highest BCUT2D eigenvalue weighted by Crippen LogP contribution is 2.24. The molecule has 1 aromatic carbocycles. The topological polar surface area (TPSA) is 24.9 Å². The van der Waals surface area contributed by atoms with Crippen molar-refractivity contribution in [2.45, 2.75) is 32.4 Å². The number of hydrogen-bond acceptors (Lipinski definition) is 3. The molecular weight excluding hydrogens is 228 g/mol. The molecule has 0 spiro atoms. The number of rotatable bonds is 5. The van der Waals surface area contributed by atoms with Gasteiger partial charge >= 0.3 is 0 Å². The van der Waals surface area contributed by atoms with Crippen LogP contribution in [0.5, 0.6) is 0 Å². The van der Waals surface area contributed by atoms with E-state index in [1.807, 2.05) is 17.6 Å². The molecule has 17 heavy (non-hydrogen) atoms. The van der Waals surface area contributed by atoms with Gasteiger partial charge in [-0.05, 0) is 18.9 Å². The third-order valence-electron chi connectivity index (χ3n) is 2.89. The van der Waals surface area contributed by atoms with Gasteiger partial charge in [-0.2, -0.15) is 0 Å². The highest BCUT2D eigenvalue weighted by atomic mass is 32.1. The van der Waals surface area contributed by atoms with E-state index in [2.05, 4.69) is 48.4 Å². The Morgan fingerprint density at radius 2 is 2.06 bits per heavy atom. The van der Waals surface area contributed by atoms with Crippen LogP contribution < -0.4 is 5.32 Å². The Balaban J connectivity index is 2.25. The molecule has 1 N–H and O–H groups in total. The van der Waals surface area contributed by atoms with Crippen molar-refractivity contribution in [3.8, 4) is 0 Å². The van der Waals surface area contributed by atoms with E-state index < -0.39 is 0 Å². The fourth-order valence-electron chi connectivity index (χ4n) is 1.73. The van der Waals surface area contributed by atoms with Gasteiger partial charge in [0.15, 0.2) is 0 Å². The van der Waals surface area contributed by atoms with Gasteiger partial charge in [-0.25, -0.2) is 4.98 Å². The van der Waals surface area contributed by atoms with Crippen LogP contribution in [0.25, 0.3) is 0 Å². The third-order valence-corrected chi connectivity index (χ3v) is 3.74. The fraction of sp³-hybridized carbons (Fsp3) is 0.357. The van der Waals surface area contributed by atoms with Gasteiger partial charge in [0, 0.05) is 17.6 Å². The summed E-state index contributed by atoms with van der Waals surface area (Å²) >= 11 is 1.70. The standard InChI is InChI=1S/C14H18N2S/c1-3-11(2)16-13(14-15-9-10-17-14)12-7-5-4-6-8-12/h4-11,13,16H,3H2,1-2H3. The van der Waals surface area contributed by atoms with Gasteiger partial charge in [0.1, 0.15) is 5.01 Å². The number of nitrogens with one attached hydrogen (secondary N) is 1. The maximum atomic E-state index is 4.44. The zero-order valence-electron chi connectivity index (χ0n) is 10.3. The van der Waals surface area contributed by atoms with Crippen LogP contribution in [0.1, 0.15) is 36.9 Å². The molecule has 0 aliphatic carbocycles. The molecule has 3 heteroatoms. The lowest BCUT2D eigenvalue weighted by atomic mass is 10.1. The summed E-state index contributed by atoms with van der Waals surface area (Å²) in [6, 6.07) is 11.2. The van der Waals surface area contributed by atoms with Crippen molar-refractivity contribution < 1.29 is 0 Å². The molecule has 2 nitrogen and oxygen atoms in total. The predicted octanol–water partition coefficient (Wildman–Crippen LogP) is 3.62. The molecule has 0 amide bonds. The molecule has 0 aliphatic rings. The molecule has 2 aromatic rings. The minimum atomic E-state index is 0.214. The van der Waals surface area contributed by atoms with E-state index in [1.54, 1.807) is 11.3 Å². The van der Waals surface area contributed by atoms with Crippen molar-refractivity contribution in [3.63, 3.8) is 0 Å². The van der Waals surface area contributed by atoms with Crippen LogP contribution in [-0.4, -0.2) is 11.0 Å². The first-order valence-electron chi connectivity index (χ1n) is 6.01. The molecule has 0 aliphatic heterocycles. The van der Waals surface area contributed by atoms with Crippen LogP contribution in [0.2, 0.25) is 0 Å². The Labute approximate surface area is 107 Å². The summed E-state index contributed by atoms with van der Waals surface area (Å²) in [5.74, 6) is 0. The Morgan fingerprint density at radius 3 is 2.65 bits per heavy atom. The van der Waals surface area contributed by atoms with Crippen LogP contribution in [0, 0.1) is 0 Å². The van der Waals surface area contributed by atoms with E-state index in [0.29, 0.717) is 6.04 Å². The van der Waals surface area contributed by atoms with Crippen LogP contribution in [-0.2, 0) is 0 Å². The Bertz CT molecular complexity index is 425. The van der Waals surface area contributed by atoms with Gasteiger partial charge in [0.05, 0.1) is 6.04 Å². The highest BCUT2D eigenvalue weighted by molar-refractivity contribution is 7.09. The summed E-state index contributed by atoms with van der Waals surface area (Å²) in [5.41, 5.74) is 1.28. The van der Waals surface area contributed by atoms with Crippen LogP contribution in [0.3, 0.4) is 0 Å². The van der Waals surface area contributed by atoms with Gasteiger partial charge in [-0.1, -0.05) is 37.3 Å². The number of hydrogen-bond donors (Lipinski definition) is 1.